The van der Waals surface area contributed by atoms with E-state index >= 15 is 0 Å². The van der Waals surface area contributed by atoms with Gasteiger partial charge in [0.15, 0.2) is 5.82 Å². The van der Waals surface area contributed by atoms with Crippen molar-refractivity contribution < 1.29 is 4.52 Å². The van der Waals surface area contributed by atoms with Crippen LogP contribution in [0.2, 0.25) is 0 Å². The van der Waals surface area contributed by atoms with Crippen LogP contribution in [-0.4, -0.2) is 34.7 Å². The Morgan fingerprint density at radius 1 is 1.00 bits per heavy atom. The maximum absolute atomic E-state index is 11.4. The van der Waals surface area contributed by atoms with Gasteiger partial charge in [-0.2, -0.15) is 0 Å². The zero-order valence-electron chi connectivity index (χ0n) is 14.6. The molecule has 0 bridgehead atoms. The minimum Gasteiger partial charge on any atom is -0.313 e. The molecule has 1 fully saturated rings. The Morgan fingerprint density at radius 2 is 1.59 bits per heavy atom. The predicted octanol–water partition coefficient (Wildman–Crippen LogP) is 2.94. The van der Waals surface area contributed by atoms with Crippen molar-refractivity contribution in [3.8, 4) is 0 Å². The highest BCUT2D eigenvalue weighted by Crippen LogP contribution is 2.35. The Labute approximate surface area is 169 Å². The molecule has 0 saturated carbocycles. The van der Waals surface area contributed by atoms with Crippen LogP contribution in [0.3, 0.4) is 0 Å². The van der Waals surface area contributed by atoms with Crippen molar-refractivity contribution in [2.24, 2.45) is 0 Å². The third-order valence-electron chi connectivity index (χ3n) is 4.62. The average Bonchev–Trinajstić information content (AvgIpc) is 3.10. The number of hydrogen-bond donors (Lipinski definition) is 2. The first-order chi connectivity index (χ1) is 12.3. The molecule has 0 radical (unpaired) electrons. The predicted molar refractivity (Wildman–Crippen MR) is 109 cm³/mol. The lowest BCUT2D eigenvalue weighted by Gasteiger charge is -2.40. The molecule has 0 spiro atoms. The summed E-state index contributed by atoms with van der Waals surface area (Å²) in [6.45, 7) is 2.43. The summed E-state index contributed by atoms with van der Waals surface area (Å²) >= 11 is 0. The fourth-order valence-corrected chi connectivity index (χ4v) is 3.51. The molecule has 0 amide bonds. The minimum atomic E-state index is -0.517. The average molecular weight is 409 g/mol. The third kappa shape index (κ3) is 4.59. The van der Waals surface area contributed by atoms with E-state index in [1.807, 2.05) is 12.1 Å². The Hall–Kier alpha value is -2.12. The molecule has 2 N–H and O–H groups in total. The van der Waals surface area contributed by atoms with Crippen molar-refractivity contribution in [2.45, 2.75) is 12.1 Å². The number of rotatable bonds is 4. The maximum atomic E-state index is 11.4. The van der Waals surface area contributed by atoms with Crippen LogP contribution in [0.5, 0.6) is 0 Å². The minimum absolute atomic E-state index is 0. The van der Waals surface area contributed by atoms with Crippen molar-refractivity contribution in [3.63, 3.8) is 0 Å². The number of piperazine rings is 1. The summed E-state index contributed by atoms with van der Waals surface area (Å²) in [4.78, 5) is 16.5. The summed E-state index contributed by atoms with van der Waals surface area (Å²) < 4.78 is 4.74. The molecule has 1 atom stereocenters. The van der Waals surface area contributed by atoms with E-state index in [9.17, 15) is 4.79 Å². The van der Waals surface area contributed by atoms with E-state index in [-0.39, 0.29) is 36.9 Å². The largest absolute Gasteiger partial charge is 0.438 e. The lowest BCUT2D eigenvalue weighted by Crippen LogP contribution is -2.48. The molecule has 0 aliphatic carbocycles. The molecule has 8 heteroatoms. The van der Waals surface area contributed by atoms with Gasteiger partial charge in [-0.05, 0) is 11.1 Å². The van der Waals surface area contributed by atoms with Gasteiger partial charge in [-0.25, -0.2) is 4.79 Å². The number of aromatic nitrogens is 2. The number of hydrogen-bond acceptors (Lipinski definition) is 5. The normalized spacial score (nSPS) is 17.1. The quantitative estimate of drug-likeness (QED) is 0.693. The molecule has 2 heterocycles. The monoisotopic (exact) mass is 408 g/mol. The number of H-pyrrole nitrogens is 1. The molecule has 1 aliphatic heterocycles. The second kappa shape index (κ2) is 9.71. The van der Waals surface area contributed by atoms with Gasteiger partial charge in [0.2, 0.25) is 0 Å². The smallest absolute Gasteiger partial charge is 0.313 e. The standard InChI is InChI=1S/C19H20N4O2.2ClH/c24-19-21-18(22-25-19)16-13-20-11-12-23(16)17(14-7-3-1-4-8-14)15-9-5-2-6-10-15;;/h1-10,16-17,20H,11-13H2,(H,21,22,24);2*1H/t16-;;/m0../s1. The highest BCUT2D eigenvalue weighted by molar-refractivity contribution is 5.85. The van der Waals surface area contributed by atoms with Crippen molar-refractivity contribution in [1.82, 2.24) is 20.4 Å². The van der Waals surface area contributed by atoms with Crippen molar-refractivity contribution in [1.29, 1.82) is 0 Å². The first kappa shape index (κ1) is 21.2. The summed E-state index contributed by atoms with van der Waals surface area (Å²) in [5.41, 5.74) is 2.43. The van der Waals surface area contributed by atoms with E-state index in [2.05, 4.69) is 68.9 Å². The van der Waals surface area contributed by atoms with Gasteiger partial charge in [-0.1, -0.05) is 65.8 Å². The van der Waals surface area contributed by atoms with Crippen molar-refractivity contribution >= 4 is 24.8 Å². The molecule has 144 valence electrons. The maximum Gasteiger partial charge on any atom is 0.438 e. The SMILES string of the molecule is Cl.Cl.O=c1[nH]c([C@@H]2CNCCN2C(c2ccccc2)c2ccccc2)no1. The lowest BCUT2D eigenvalue weighted by atomic mass is 9.94. The van der Waals surface area contributed by atoms with E-state index in [0.29, 0.717) is 12.4 Å². The van der Waals surface area contributed by atoms with E-state index in [0.717, 1.165) is 13.1 Å². The van der Waals surface area contributed by atoms with Crippen LogP contribution >= 0.6 is 24.8 Å². The van der Waals surface area contributed by atoms with E-state index in [1.165, 1.54) is 11.1 Å². The summed E-state index contributed by atoms with van der Waals surface area (Å²) in [5, 5.41) is 7.32. The molecule has 6 nitrogen and oxygen atoms in total. The molecule has 1 saturated heterocycles. The first-order valence-corrected chi connectivity index (χ1v) is 8.45. The highest BCUT2D eigenvalue weighted by atomic mass is 35.5. The second-order valence-electron chi connectivity index (χ2n) is 6.16. The molecule has 3 aromatic rings. The number of halogens is 2. The highest BCUT2D eigenvalue weighted by Gasteiger charge is 2.33. The zero-order chi connectivity index (χ0) is 17.1. The summed E-state index contributed by atoms with van der Waals surface area (Å²) in [6.07, 6.45) is 0. The Kier molecular flexibility index (Phi) is 7.62. The van der Waals surface area contributed by atoms with Crippen LogP contribution in [-0.2, 0) is 0 Å². The Balaban J connectivity index is 0.00000131. The molecular weight excluding hydrogens is 387 g/mol. The molecule has 1 aromatic heterocycles. The van der Waals surface area contributed by atoms with E-state index in [1.54, 1.807) is 0 Å². The van der Waals surface area contributed by atoms with Gasteiger partial charge in [0, 0.05) is 19.6 Å². The second-order valence-corrected chi connectivity index (χ2v) is 6.16. The lowest BCUT2D eigenvalue weighted by molar-refractivity contribution is 0.117. The van der Waals surface area contributed by atoms with Gasteiger partial charge in [0.1, 0.15) is 0 Å². The van der Waals surface area contributed by atoms with Gasteiger partial charge in [0.25, 0.3) is 0 Å². The fraction of sp³-hybridized carbons (Fsp3) is 0.263. The van der Waals surface area contributed by atoms with Gasteiger partial charge in [0.05, 0.1) is 12.1 Å². The first-order valence-electron chi connectivity index (χ1n) is 8.45. The van der Waals surface area contributed by atoms with Crippen molar-refractivity contribution in [2.75, 3.05) is 19.6 Å². The van der Waals surface area contributed by atoms with Gasteiger partial charge in [-0.3, -0.25) is 14.4 Å². The number of nitrogens with zero attached hydrogens (tertiary/aromatic N) is 2. The van der Waals surface area contributed by atoms with Crippen LogP contribution in [0.25, 0.3) is 0 Å². The topological polar surface area (TPSA) is 74.2 Å². The number of benzene rings is 2. The Morgan fingerprint density at radius 3 is 2.11 bits per heavy atom. The third-order valence-corrected chi connectivity index (χ3v) is 4.62. The van der Waals surface area contributed by atoms with Crippen LogP contribution < -0.4 is 11.1 Å². The molecule has 4 rings (SSSR count). The molecular formula is C19H22Cl2N4O2. The van der Waals surface area contributed by atoms with Crippen molar-refractivity contribution in [3.05, 3.63) is 88.2 Å². The number of aromatic amines is 1. The number of nitrogens with one attached hydrogen (secondary N) is 2. The molecule has 0 unspecified atom stereocenters. The van der Waals surface area contributed by atoms with Crippen LogP contribution in [0, 0.1) is 0 Å². The molecule has 1 aliphatic rings. The summed E-state index contributed by atoms with van der Waals surface area (Å²) in [6, 6.07) is 20.9. The van der Waals surface area contributed by atoms with Crippen LogP contribution in [0.4, 0.5) is 0 Å². The van der Waals surface area contributed by atoms with E-state index < -0.39 is 5.76 Å². The van der Waals surface area contributed by atoms with Gasteiger partial charge < -0.3 is 5.32 Å². The Bertz CT molecular complexity index is 830. The molecule has 27 heavy (non-hydrogen) atoms. The summed E-state index contributed by atoms with van der Waals surface area (Å²) in [5.74, 6) is 0.0468. The van der Waals surface area contributed by atoms with Crippen LogP contribution in [0.1, 0.15) is 29.0 Å². The van der Waals surface area contributed by atoms with Gasteiger partial charge >= 0.3 is 5.76 Å². The zero-order valence-corrected chi connectivity index (χ0v) is 16.2. The van der Waals surface area contributed by atoms with E-state index in [4.69, 9.17) is 4.52 Å². The fourth-order valence-electron chi connectivity index (χ4n) is 3.51. The molecule has 2 aromatic carbocycles. The van der Waals surface area contributed by atoms with Crippen LogP contribution in [0.15, 0.2) is 70.0 Å². The van der Waals surface area contributed by atoms with Gasteiger partial charge in [-0.15, -0.1) is 24.8 Å². The summed E-state index contributed by atoms with van der Waals surface area (Å²) in [7, 11) is 0.